The summed E-state index contributed by atoms with van der Waals surface area (Å²) in [5.41, 5.74) is -0.561. The maximum Gasteiger partial charge on any atom is 0.417 e. The van der Waals surface area contributed by atoms with E-state index < -0.39 is 11.7 Å². The molecule has 2 aromatic rings. The largest absolute Gasteiger partial charge is 0.486 e. The van der Waals surface area contributed by atoms with Crippen LogP contribution < -0.4 is 9.47 Å². The molecule has 0 fully saturated rings. The molecule has 2 nitrogen and oxygen atoms in total. The summed E-state index contributed by atoms with van der Waals surface area (Å²) in [7, 11) is 0. The summed E-state index contributed by atoms with van der Waals surface area (Å²) >= 11 is 6.11. The van der Waals surface area contributed by atoms with E-state index in [2.05, 4.69) is 0 Å². The van der Waals surface area contributed by atoms with E-state index >= 15 is 0 Å². The van der Waals surface area contributed by atoms with E-state index in [-0.39, 0.29) is 28.5 Å². The first-order valence-electron chi connectivity index (χ1n) is 6.23. The number of hydrogen-bond acceptors (Lipinski definition) is 2. The van der Waals surface area contributed by atoms with Crippen LogP contribution in [0.15, 0.2) is 36.4 Å². The van der Waals surface area contributed by atoms with E-state index in [0.29, 0.717) is 12.4 Å². The van der Waals surface area contributed by atoms with Gasteiger partial charge in [0.15, 0.2) is 11.5 Å². The highest BCUT2D eigenvalue weighted by atomic mass is 35.5. The molecule has 1 heterocycles. The lowest BCUT2D eigenvalue weighted by Crippen LogP contribution is -2.16. The minimum absolute atomic E-state index is 0.0163. The molecule has 0 bridgehead atoms. The first-order valence-corrected chi connectivity index (χ1v) is 6.61. The average Bonchev–Trinajstić information content (AvgIpc) is 2.46. The van der Waals surface area contributed by atoms with Gasteiger partial charge in [-0.1, -0.05) is 29.8 Å². The molecule has 0 radical (unpaired) electrons. The minimum Gasteiger partial charge on any atom is -0.486 e. The molecule has 0 unspecified atom stereocenters. The van der Waals surface area contributed by atoms with Crippen molar-refractivity contribution in [2.45, 2.75) is 6.18 Å². The predicted octanol–water partition coefficient (Wildman–Crippen LogP) is 4.80. The van der Waals surface area contributed by atoms with E-state index in [4.69, 9.17) is 21.1 Å². The Morgan fingerprint density at radius 3 is 2.43 bits per heavy atom. The number of benzene rings is 2. The Balaban J connectivity index is 2.27. The third-order valence-electron chi connectivity index (χ3n) is 3.16. The first kappa shape index (κ1) is 14.1. The van der Waals surface area contributed by atoms with Crippen LogP contribution in [0.5, 0.6) is 11.5 Å². The lowest BCUT2D eigenvalue weighted by Gasteiger charge is -2.23. The zero-order chi connectivity index (χ0) is 15.0. The third-order valence-corrected chi connectivity index (χ3v) is 3.47. The summed E-state index contributed by atoms with van der Waals surface area (Å²) in [6, 6.07) is 8.38. The summed E-state index contributed by atoms with van der Waals surface area (Å²) in [6.07, 6.45) is -4.47. The maximum absolute atomic E-state index is 13.2. The molecule has 0 aromatic heterocycles. The highest BCUT2D eigenvalue weighted by Gasteiger charge is 2.35. The van der Waals surface area contributed by atoms with Crippen molar-refractivity contribution in [1.82, 2.24) is 0 Å². The van der Waals surface area contributed by atoms with Crippen LogP contribution in [0.1, 0.15) is 5.56 Å². The van der Waals surface area contributed by atoms with Crippen molar-refractivity contribution in [2.75, 3.05) is 13.2 Å². The standard InChI is InChI=1S/C15H10ClF3O2/c16-11-5-6-12-14(21-8-7-20-12)13(11)9-3-1-2-4-10(9)15(17,18)19/h1-6H,7-8H2. The monoisotopic (exact) mass is 314 g/mol. The fourth-order valence-corrected chi connectivity index (χ4v) is 2.54. The second-order valence-electron chi connectivity index (χ2n) is 4.49. The highest BCUT2D eigenvalue weighted by molar-refractivity contribution is 6.34. The van der Waals surface area contributed by atoms with Gasteiger partial charge >= 0.3 is 6.18 Å². The van der Waals surface area contributed by atoms with E-state index in [1.807, 2.05) is 0 Å². The number of halogens is 4. The Labute approximate surface area is 124 Å². The Morgan fingerprint density at radius 1 is 0.952 bits per heavy atom. The number of ether oxygens (including phenoxy) is 2. The van der Waals surface area contributed by atoms with Gasteiger partial charge in [0.2, 0.25) is 0 Å². The molecule has 0 aliphatic carbocycles. The van der Waals surface area contributed by atoms with Gasteiger partial charge in [-0.3, -0.25) is 0 Å². The molecule has 3 rings (SSSR count). The SMILES string of the molecule is FC(F)(F)c1ccccc1-c1c(Cl)ccc2c1OCCO2. The molecule has 0 N–H and O–H groups in total. The van der Waals surface area contributed by atoms with Gasteiger partial charge in [0.05, 0.1) is 10.6 Å². The van der Waals surface area contributed by atoms with E-state index in [1.54, 1.807) is 6.07 Å². The van der Waals surface area contributed by atoms with Gasteiger partial charge in [-0.2, -0.15) is 13.2 Å². The van der Waals surface area contributed by atoms with Gasteiger partial charge in [-0.25, -0.2) is 0 Å². The van der Waals surface area contributed by atoms with Crippen molar-refractivity contribution in [2.24, 2.45) is 0 Å². The smallest absolute Gasteiger partial charge is 0.417 e. The summed E-state index contributed by atoms with van der Waals surface area (Å²) in [6.45, 7) is 0.628. The molecular weight excluding hydrogens is 305 g/mol. The number of hydrogen-bond donors (Lipinski definition) is 0. The highest BCUT2D eigenvalue weighted by Crippen LogP contribution is 2.47. The van der Waals surface area contributed by atoms with E-state index in [0.717, 1.165) is 6.07 Å². The van der Waals surface area contributed by atoms with Crippen LogP contribution in [-0.4, -0.2) is 13.2 Å². The first-order chi connectivity index (χ1) is 9.98. The average molecular weight is 315 g/mol. The fourth-order valence-electron chi connectivity index (χ4n) is 2.29. The normalized spacial score (nSPS) is 14.1. The molecule has 0 saturated carbocycles. The molecular formula is C15H10ClF3O2. The summed E-state index contributed by atoms with van der Waals surface area (Å²) in [4.78, 5) is 0. The van der Waals surface area contributed by atoms with Crippen LogP contribution in [0.3, 0.4) is 0 Å². The van der Waals surface area contributed by atoms with Gasteiger partial charge in [-0.05, 0) is 23.8 Å². The lowest BCUT2D eigenvalue weighted by molar-refractivity contribution is -0.137. The second-order valence-corrected chi connectivity index (χ2v) is 4.90. The van der Waals surface area contributed by atoms with Crippen LogP contribution >= 0.6 is 11.6 Å². The molecule has 1 aliphatic heterocycles. The third kappa shape index (κ3) is 2.53. The molecule has 0 saturated heterocycles. The van der Waals surface area contributed by atoms with Gasteiger partial charge in [-0.15, -0.1) is 0 Å². The molecule has 21 heavy (non-hydrogen) atoms. The zero-order valence-corrected chi connectivity index (χ0v) is 11.5. The van der Waals surface area contributed by atoms with E-state index in [9.17, 15) is 13.2 Å². The van der Waals surface area contributed by atoms with Crippen molar-refractivity contribution >= 4 is 11.6 Å². The number of alkyl halides is 3. The summed E-state index contributed by atoms with van der Waals surface area (Å²) in [5, 5.41) is 0.191. The topological polar surface area (TPSA) is 18.5 Å². The Morgan fingerprint density at radius 2 is 1.67 bits per heavy atom. The van der Waals surface area contributed by atoms with Crippen molar-refractivity contribution in [3.05, 3.63) is 47.0 Å². The Kier molecular flexibility index (Phi) is 3.45. The minimum atomic E-state index is -4.47. The van der Waals surface area contributed by atoms with Crippen LogP contribution in [0, 0.1) is 0 Å². The number of fused-ring (bicyclic) bond motifs is 1. The van der Waals surface area contributed by atoms with Gasteiger partial charge in [0, 0.05) is 5.56 Å². The zero-order valence-electron chi connectivity index (χ0n) is 10.7. The second kappa shape index (κ2) is 5.15. The predicted molar refractivity (Wildman–Crippen MR) is 72.9 cm³/mol. The molecule has 1 aliphatic rings. The van der Waals surface area contributed by atoms with Gasteiger partial charge < -0.3 is 9.47 Å². The molecule has 110 valence electrons. The van der Waals surface area contributed by atoms with Gasteiger partial charge in [0.25, 0.3) is 0 Å². The molecule has 0 amide bonds. The van der Waals surface area contributed by atoms with Crippen LogP contribution in [0.2, 0.25) is 5.02 Å². The quantitative estimate of drug-likeness (QED) is 0.753. The van der Waals surface area contributed by atoms with E-state index in [1.165, 1.54) is 24.3 Å². The van der Waals surface area contributed by atoms with Crippen LogP contribution in [-0.2, 0) is 6.18 Å². The van der Waals surface area contributed by atoms with Crippen molar-refractivity contribution < 1.29 is 22.6 Å². The summed E-state index contributed by atoms with van der Waals surface area (Å²) < 4.78 is 50.4. The van der Waals surface area contributed by atoms with Crippen molar-refractivity contribution in [3.8, 4) is 22.6 Å². The molecule has 0 atom stereocenters. The molecule has 2 aromatic carbocycles. The van der Waals surface area contributed by atoms with Crippen LogP contribution in [0.25, 0.3) is 11.1 Å². The van der Waals surface area contributed by atoms with Gasteiger partial charge in [0.1, 0.15) is 13.2 Å². The lowest BCUT2D eigenvalue weighted by atomic mass is 9.98. The van der Waals surface area contributed by atoms with Crippen LogP contribution in [0.4, 0.5) is 13.2 Å². The maximum atomic E-state index is 13.2. The molecule has 0 spiro atoms. The summed E-state index contributed by atoms with van der Waals surface area (Å²) in [5.74, 6) is 0.656. The fraction of sp³-hybridized carbons (Fsp3) is 0.200. The van der Waals surface area contributed by atoms with Crippen molar-refractivity contribution in [3.63, 3.8) is 0 Å². The Bertz CT molecular complexity index is 683. The molecule has 6 heteroatoms. The Hall–Kier alpha value is -1.88. The van der Waals surface area contributed by atoms with Crippen molar-refractivity contribution in [1.29, 1.82) is 0 Å². The number of rotatable bonds is 1.